The molecule has 3 aromatic rings. The van der Waals surface area contributed by atoms with Gasteiger partial charge < -0.3 is 20.0 Å². The fraction of sp³-hybridized carbons (Fsp3) is 0.130. The topological polar surface area (TPSA) is 83.1 Å². The van der Waals surface area contributed by atoms with Gasteiger partial charge in [0, 0.05) is 5.56 Å². The monoisotopic (exact) mass is 390 g/mol. The average molecular weight is 390 g/mol. The van der Waals surface area contributed by atoms with E-state index < -0.39 is 5.91 Å². The van der Waals surface area contributed by atoms with Crippen LogP contribution in [0.1, 0.15) is 16.7 Å². The van der Waals surface area contributed by atoms with Crippen LogP contribution in [-0.4, -0.2) is 18.7 Å². The second-order valence-electron chi connectivity index (χ2n) is 6.23. The largest absolute Gasteiger partial charge is 0.485 e. The maximum absolute atomic E-state index is 10.7. The zero-order valence-corrected chi connectivity index (χ0v) is 15.9. The van der Waals surface area contributed by atoms with E-state index in [-0.39, 0.29) is 6.61 Å². The molecule has 0 heterocycles. The summed E-state index contributed by atoms with van der Waals surface area (Å²) in [6.45, 7) is 0.561. The first kappa shape index (κ1) is 19.9. The van der Waals surface area contributed by atoms with Crippen molar-refractivity contribution in [3.05, 3.63) is 95.6 Å². The Morgan fingerprint density at radius 1 is 0.828 bits per heavy atom. The maximum atomic E-state index is 10.7. The maximum Gasteiger partial charge on any atom is 0.258 e. The van der Waals surface area contributed by atoms with Crippen molar-refractivity contribution in [2.24, 2.45) is 10.9 Å². The molecule has 0 saturated carbocycles. The van der Waals surface area contributed by atoms with E-state index in [0.29, 0.717) is 24.7 Å². The number of carbonyl (C=O) groups excluding carboxylic acids is 1. The number of hydrogen-bond donors (Lipinski definition) is 1. The van der Waals surface area contributed by atoms with E-state index in [9.17, 15) is 4.79 Å². The van der Waals surface area contributed by atoms with Crippen molar-refractivity contribution >= 4 is 12.1 Å². The molecule has 0 bridgehead atoms. The molecule has 0 fully saturated rings. The van der Waals surface area contributed by atoms with Crippen molar-refractivity contribution < 1.29 is 19.1 Å². The Labute approximate surface area is 169 Å². The van der Waals surface area contributed by atoms with Crippen molar-refractivity contribution in [2.45, 2.75) is 13.2 Å². The zero-order chi connectivity index (χ0) is 20.3. The van der Waals surface area contributed by atoms with Crippen LogP contribution >= 0.6 is 0 Å². The second-order valence-corrected chi connectivity index (χ2v) is 6.23. The molecule has 1 amide bonds. The predicted molar refractivity (Wildman–Crippen MR) is 111 cm³/mol. The number of nitrogens with two attached hydrogens (primary N) is 1. The summed E-state index contributed by atoms with van der Waals surface area (Å²) in [6.07, 6.45) is 1.49. The molecular formula is C23H22N2O4. The van der Waals surface area contributed by atoms with Crippen molar-refractivity contribution in [1.82, 2.24) is 0 Å². The standard InChI is InChI=1S/C23H22N2O4/c24-23(26)17-29-25-14-20-11-12-21(27-15-18-7-3-1-4-8-18)22(13-20)28-16-19-9-5-2-6-10-19/h1-14H,15-17H2,(H2,24,26)/b25-14-. The van der Waals surface area contributed by atoms with Gasteiger partial charge in [-0.15, -0.1) is 0 Å². The Balaban J connectivity index is 1.73. The number of primary amides is 1. The third-order valence-electron chi connectivity index (χ3n) is 3.93. The highest BCUT2D eigenvalue weighted by atomic mass is 16.6. The summed E-state index contributed by atoms with van der Waals surface area (Å²) in [5.41, 5.74) is 7.87. The van der Waals surface area contributed by atoms with Crippen molar-refractivity contribution in [1.29, 1.82) is 0 Å². The molecule has 0 aliphatic heterocycles. The number of rotatable bonds is 10. The van der Waals surface area contributed by atoms with Crippen LogP contribution in [0.15, 0.2) is 84.0 Å². The summed E-state index contributed by atoms with van der Waals surface area (Å²) in [4.78, 5) is 15.5. The fourth-order valence-corrected chi connectivity index (χ4v) is 2.51. The smallest absolute Gasteiger partial charge is 0.258 e. The molecule has 0 radical (unpaired) electrons. The molecule has 0 aliphatic carbocycles. The van der Waals surface area contributed by atoms with Gasteiger partial charge in [0.05, 0.1) is 6.21 Å². The van der Waals surface area contributed by atoms with E-state index in [1.807, 2.05) is 72.8 Å². The second kappa shape index (κ2) is 10.5. The minimum absolute atomic E-state index is 0.272. The van der Waals surface area contributed by atoms with Gasteiger partial charge in [-0.3, -0.25) is 4.79 Å². The molecule has 2 N–H and O–H groups in total. The number of benzene rings is 3. The summed E-state index contributed by atoms with van der Waals surface area (Å²) in [7, 11) is 0. The van der Waals surface area contributed by atoms with Gasteiger partial charge in [-0.1, -0.05) is 65.8 Å². The lowest BCUT2D eigenvalue weighted by Gasteiger charge is -2.14. The summed E-state index contributed by atoms with van der Waals surface area (Å²) in [6, 6.07) is 25.2. The van der Waals surface area contributed by atoms with Gasteiger partial charge in [-0.25, -0.2) is 0 Å². The predicted octanol–water partition coefficient (Wildman–Crippen LogP) is 3.68. The SMILES string of the molecule is NC(=O)CO/N=C\c1ccc(OCc2ccccc2)c(OCc2ccccc2)c1. The Hall–Kier alpha value is -3.80. The van der Waals surface area contributed by atoms with Crippen LogP contribution in [0, 0.1) is 0 Å². The van der Waals surface area contributed by atoms with Crippen molar-refractivity contribution in [3.8, 4) is 11.5 Å². The van der Waals surface area contributed by atoms with E-state index in [4.69, 9.17) is 20.0 Å². The summed E-state index contributed by atoms with van der Waals surface area (Å²) >= 11 is 0. The van der Waals surface area contributed by atoms with Crippen molar-refractivity contribution in [2.75, 3.05) is 6.61 Å². The number of oxime groups is 1. The molecule has 0 unspecified atom stereocenters. The summed E-state index contributed by atoms with van der Waals surface area (Å²) < 4.78 is 12.0. The number of amides is 1. The van der Waals surface area contributed by atoms with Gasteiger partial charge in [0.1, 0.15) is 13.2 Å². The summed E-state index contributed by atoms with van der Waals surface area (Å²) in [5, 5.41) is 3.74. The lowest BCUT2D eigenvalue weighted by Crippen LogP contribution is -2.16. The third-order valence-corrected chi connectivity index (χ3v) is 3.93. The highest BCUT2D eigenvalue weighted by molar-refractivity contribution is 5.80. The molecule has 0 aliphatic rings. The normalized spacial score (nSPS) is 10.6. The first-order valence-corrected chi connectivity index (χ1v) is 9.12. The van der Waals surface area contributed by atoms with Gasteiger partial charge >= 0.3 is 0 Å². The quantitative estimate of drug-likeness (QED) is 0.423. The van der Waals surface area contributed by atoms with Crippen LogP contribution in [0.5, 0.6) is 11.5 Å². The zero-order valence-electron chi connectivity index (χ0n) is 15.9. The number of hydrogen-bond acceptors (Lipinski definition) is 5. The van der Waals surface area contributed by atoms with Crippen LogP contribution in [0.3, 0.4) is 0 Å². The van der Waals surface area contributed by atoms with Gasteiger partial charge in [-0.05, 0) is 29.3 Å². The average Bonchev–Trinajstić information content (AvgIpc) is 2.76. The Morgan fingerprint density at radius 2 is 1.41 bits per heavy atom. The van der Waals surface area contributed by atoms with Crippen molar-refractivity contribution in [3.63, 3.8) is 0 Å². The molecule has 0 saturated heterocycles. The molecule has 3 aromatic carbocycles. The molecule has 6 heteroatoms. The minimum atomic E-state index is -0.585. The Kier molecular flexibility index (Phi) is 7.23. The van der Waals surface area contributed by atoms with Crippen LogP contribution in [0.4, 0.5) is 0 Å². The van der Waals surface area contributed by atoms with Crippen LogP contribution in [0.2, 0.25) is 0 Å². The van der Waals surface area contributed by atoms with E-state index in [2.05, 4.69) is 5.16 Å². The Morgan fingerprint density at radius 3 is 2.00 bits per heavy atom. The lowest BCUT2D eigenvalue weighted by molar-refractivity contribution is -0.122. The van der Waals surface area contributed by atoms with E-state index in [1.165, 1.54) is 6.21 Å². The van der Waals surface area contributed by atoms with E-state index >= 15 is 0 Å². The van der Waals surface area contributed by atoms with Gasteiger partial charge in [0.2, 0.25) is 0 Å². The van der Waals surface area contributed by atoms with Gasteiger partial charge in [-0.2, -0.15) is 0 Å². The highest BCUT2D eigenvalue weighted by Gasteiger charge is 2.08. The minimum Gasteiger partial charge on any atom is -0.485 e. The molecule has 29 heavy (non-hydrogen) atoms. The lowest BCUT2D eigenvalue weighted by atomic mass is 10.2. The fourth-order valence-electron chi connectivity index (χ4n) is 2.51. The molecule has 0 atom stereocenters. The van der Waals surface area contributed by atoms with Crippen LogP contribution in [-0.2, 0) is 22.8 Å². The van der Waals surface area contributed by atoms with Gasteiger partial charge in [0.25, 0.3) is 5.91 Å². The van der Waals surface area contributed by atoms with Crippen LogP contribution < -0.4 is 15.2 Å². The van der Waals surface area contributed by atoms with Gasteiger partial charge in [0.15, 0.2) is 18.1 Å². The van der Waals surface area contributed by atoms with E-state index in [0.717, 1.165) is 16.7 Å². The first-order valence-electron chi connectivity index (χ1n) is 9.12. The molecule has 0 aromatic heterocycles. The highest BCUT2D eigenvalue weighted by Crippen LogP contribution is 2.29. The molecular weight excluding hydrogens is 368 g/mol. The number of nitrogens with zero attached hydrogens (tertiary/aromatic N) is 1. The molecule has 3 rings (SSSR count). The van der Waals surface area contributed by atoms with E-state index in [1.54, 1.807) is 6.07 Å². The Bertz CT molecular complexity index is 944. The first-order chi connectivity index (χ1) is 14.2. The van der Waals surface area contributed by atoms with Crippen LogP contribution in [0.25, 0.3) is 0 Å². The molecule has 0 spiro atoms. The molecule has 6 nitrogen and oxygen atoms in total. The molecule has 148 valence electrons. The number of ether oxygens (including phenoxy) is 2. The summed E-state index contributed by atoms with van der Waals surface area (Å²) in [5.74, 6) is 0.627. The third kappa shape index (κ3) is 6.70. The number of carbonyl (C=O) groups is 1.